The Kier molecular flexibility index (Phi) is 2.45. The molecule has 0 amide bonds. The second kappa shape index (κ2) is 3.38. The zero-order valence-corrected chi connectivity index (χ0v) is 7.10. The van der Waals surface area contributed by atoms with Crippen LogP contribution in [0.3, 0.4) is 0 Å². The molecule has 0 N–H and O–H groups in total. The van der Waals surface area contributed by atoms with Gasteiger partial charge in [0.15, 0.2) is 5.70 Å². The highest BCUT2D eigenvalue weighted by atomic mass is 16.7. The van der Waals surface area contributed by atoms with E-state index in [1.807, 2.05) is 0 Å². The fraction of sp³-hybridized carbons (Fsp3) is 0.667. The van der Waals surface area contributed by atoms with E-state index in [1.54, 1.807) is 11.9 Å². The molecule has 0 aromatic carbocycles. The summed E-state index contributed by atoms with van der Waals surface area (Å²) in [7, 11) is 1.62. The average molecular weight is 187 g/mol. The summed E-state index contributed by atoms with van der Waals surface area (Å²) in [6, 6.07) is 0. The molecule has 1 fully saturated rings. The van der Waals surface area contributed by atoms with E-state index in [2.05, 4.69) is 0 Å². The minimum absolute atomic E-state index is 0.218. The predicted octanol–water partition coefficient (Wildman–Crippen LogP) is 0.434. The molecule has 0 bridgehead atoms. The highest BCUT2D eigenvalue weighted by Crippen LogP contribution is 2.22. The van der Waals surface area contributed by atoms with Gasteiger partial charge in [-0.1, -0.05) is 0 Å². The fourth-order valence-electron chi connectivity index (χ4n) is 1.37. The van der Waals surface area contributed by atoms with E-state index in [-0.39, 0.29) is 5.70 Å². The maximum absolute atomic E-state index is 10.4. The van der Waals surface area contributed by atoms with Crippen LogP contribution in [0.4, 0.5) is 0 Å². The van der Waals surface area contributed by atoms with E-state index < -0.39 is 15.7 Å². The SMILES string of the molecule is CN1CCCC1=C([N+](=O)[O-])[N+](=O)[O-]. The Labute approximate surface area is 73.9 Å². The third-order valence-electron chi connectivity index (χ3n) is 1.97. The van der Waals surface area contributed by atoms with Gasteiger partial charge in [0, 0.05) is 20.0 Å². The van der Waals surface area contributed by atoms with Crippen LogP contribution in [0.15, 0.2) is 11.5 Å². The van der Waals surface area contributed by atoms with Gasteiger partial charge in [-0.2, -0.15) is 0 Å². The Hall–Kier alpha value is -1.66. The Morgan fingerprint density at radius 1 is 1.38 bits per heavy atom. The van der Waals surface area contributed by atoms with Gasteiger partial charge < -0.3 is 4.90 Å². The zero-order chi connectivity index (χ0) is 10.0. The summed E-state index contributed by atoms with van der Waals surface area (Å²) in [4.78, 5) is 20.4. The second-order valence-electron chi connectivity index (χ2n) is 2.81. The van der Waals surface area contributed by atoms with Crippen LogP contribution in [0, 0.1) is 20.2 Å². The van der Waals surface area contributed by atoms with Gasteiger partial charge in [0.1, 0.15) is 9.85 Å². The summed E-state index contributed by atoms with van der Waals surface area (Å²) in [5, 5.41) is 20.7. The Morgan fingerprint density at radius 2 is 1.92 bits per heavy atom. The number of hydrogen-bond acceptors (Lipinski definition) is 5. The normalized spacial score (nSPS) is 16.1. The molecule has 72 valence electrons. The first-order valence-corrected chi connectivity index (χ1v) is 3.77. The van der Waals surface area contributed by atoms with Gasteiger partial charge in [0.2, 0.25) is 0 Å². The molecule has 0 aromatic rings. The van der Waals surface area contributed by atoms with E-state index in [0.29, 0.717) is 13.0 Å². The first-order valence-electron chi connectivity index (χ1n) is 3.77. The summed E-state index contributed by atoms with van der Waals surface area (Å²) in [5.74, 6) is -0.889. The van der Waals surface area contributed by atoms with Crippen LogP contribution in [-0.2, 0) is 0 Å². The Bertz CT molecular complexity index is 270. The maximum atomic E-state index is 10.4. The number of rotatable bonds is 2. The van der Waals surface area contributed by atoms with Crippen LogP contribution in [0.1, 0.15) is 12.8 Å². The van der Waals surface area contributed by atoms with Crippen LogP contribution in [0.25, 0.3) is 0 Å². The van der Waals surface area contributed by atoms with Crippen LogP contribution in [0.5, 0.6) is 0 Å². The number of nitro groups is 2. The predicted molar refractivity (Wildman–Crippen MR) is 42.9 cm³/mol. The molecule has 0 unspecified atom stereocenters. The molecule has 0 radical (unpaired) electrons. The topological polar surface area (TPSA) is 89.5 Å². The number of hydrogen-bond donors (Lipinski definition) is 0. The van der Waals surface area contributed by atoms with Gasteiger partial charge in [-0.05, 0) is 6.42 Å². The fourth-order valence-corrected chi connectivity index (χ4v) is 1.37. The molecule has 1 aliphatic heterocycles. The molecule has 1 saturated heterocycles. The lowest BCUT2D eigenvalue weighted by molar-refractivity contribution is -0.618. The van der Waals surface area contributed by atoms with Crippen molar-refractivity contribution in [3.05, 3.63) is 31.7 Å². The van der Waals surface area contributed by atoms with Crippen molar-refractivity contribution in [2.24, 2.45) is 0 Å². The molecule has 0 aliphatic carbocycles. The molecular weight excluding hydrogens is 178 g/mol. The van der Waals surface area contributed by atoms with E-state index in [9.17, 15) is 20.2 Å². The third kappa shape index (κ3) is 1.74. The van der Waals surface area contributed by atoms with Crippen molar-refractivity contribution in [3.8, 4) is 0 Å². The van der Waals surface area contributed by atoms with Crippen LogP contribution in [0.2, 0.25) is 0 Å². The molecule has 0 atom stereocenters. The van der Waals surface area contributed by atoms with E-state index >= 15 is 0 Å². The molecule has 1 rings (SSSR count). The van der Waals surface area contributed by atoms with Crippen molar-refractivity contribution < 1.29 is 9.85 Å². The van der Waals surface area contributed by atoms with Crippen LogP contribution >= 0.6 is 0 Å². The summed E-state index contributed by atoms with van der Waals surface area (Å²) in [6.45, 7) is 0.639. The standard InChI is InChI=1S/C6H9N3O4/c1-7-4-2-3-5(7)6(8(10)11)9(12)13/h2-4H2,1H3. The zero-order valence-electron chi connectivity index (χ0n) is 7.10. The largest absolute Gasteiger partial charge is 0.578 e. The maximum Gasteiger partial charge on any atom is 0.578 e. The van der Waals surface area contributed by atoms with Crippen LogP contribution in [-0.4, -0.2) is 28.3 Å². The second-order valence-corrected chi connectivity index (χ2v) is 2.81. The molecule has 0 aromatic heterocycles. The first-order chi connectivity index (χ1) is 6.04. The van der Waals surface area contributed by atoms with Gasteiger partial charge in [0.05, 0.1) is 0 Å². The summed E-state index contributed by atoms with van der Waals surface area (Å²) >= 11 is 0. The van der Waals surface area contributed by atoms with Gasteiger partial charge in [0.25, 0.3) is 0 Å². The third-order valence-corrected chi connectivity index (χ3v) is 1.97. The lowest BCUT2D eigenvalue weighted by atomic mass is 10.3. The lowest BCUT2D eigenvalue weighted by Gasteiger charge is -2.08. The van der Waals surface area contributed by atoms with Crippen molar-refractivity contribution in [1.82, 2.24) is 4.90 Å². The molecule has 7 heteroatoms. The highest BCUT2D eigenvalue weighted by Gasteiger charge is 2.36. The van der Waals surface area contributed by atoms with Crippen molar-refractivity contribution in [1.29, 1.82) is 0 Å². The van der Waals surface area contributed by atoms with Gasteiger partial charge >= 0.3 is 5.82 Å². The minimum atomic E-state index is -0.933. The minimum Gasteiger partial charge on any atom is -0.367 e. The number of likely N-dealkylation sites (tertiary alicyclic amines) is 1. The van der Waals surface area contributed by atoms with Crippen molar-refractivity contribution >= 4 is 0 Å². The molecule has 0 spiro atoms. The number of nitrogens with zero attached hydrogens (tertiary/aromatic N) is 3. The Morgan fingerprint density at radius 3 is 2.23 bits per heavy atom. The molecule has 1 aliphatic rings. The van der Waals surface area contributed by atoms with Crippen molar-refractivity contribution in [2.45, 2.75) is 12.8 Å². The molecular formula is C6H9N3O4. The van der Waals surface area contributed by atoms with Gasteiger partial charge in [-0.25, -0.2) is 0 Å². The quantitative estimate of drug-likeness (QED) is 0.462. The summed E-state index contributed by atoms with van der Waals surface area (Å²) < 4.78 is 0. The average Bonchev–Trinajstić information content (AvgIpc) is 2.35. The lowest BCUT2D eigenvalue weighted by Crippen LogP contribution is -2.19. The van der Waals surface area contributed by atoms with Crippen molar-refractivity contribution in [3.63, 3.8) is 0 Å². The van der Waals surface area contributed by atoms with E-state index in [0.717, 1.165) is 6.42 Å². The number of allylic oxidation sites excluding steroid dienone is 1. The first kappa shape index (κ1) is 9.43. The van der Waals surface area contributed by atoms with Crippen LogP contribution < -0.4 is 0 Å². The smallest absolute Gasteiger partial charge is 0.367 e. The van der Waals surface area contributed by atoms with E-state index in [4.69, 9.17) is 0 Å². The monoisotopic (exact) mass is 187 g/mol. The van der Waals surface area contributed by atoms with Crippen molar-refractivity contribution in [2.75, 3.05) is 13.6 Å². The van der Waals surface area contributed by atoms with Gasteiger partial charge in [-0.3, -0.25) is 20.2 Å². The summed E-state index contributed by atoms with van der Waals surface area (Å²) in [6.07, 6.45) is 1.14. The summed E-state index contributed by atoms with van der Waals surface area (Å²) in [5.41, 5.74) is 0.218. The molecule has 7 nitrogen and oxygen atoms in total. The van der Waals surface area contributed by atoms with E-state index in [1.165, 1.54) is 0 Å². The molecule has 13 heavy (non-hydrogen) atoms. The van der Waals surface area contributed by atoms with Gasteiger partial charge in [-0.15, -0.1) is 0 Å². The molecule has 0 saturated carbocycles. The molecule has 1 heterocycles. The highest BCUT2D eigenvalue weighted by molar-refractivity contribution is 5.04. The Balaban J connectivity index is 3.08.